The average Bonchev–Trinajstić information content (AvgIpc) is 2.35. The molecule has 1 atom stereocenters. The number of nitro groups is 1. The fourth-order valence-corrected chi connectivity index (χ4v) is 2.90. The monoisotopic (exact) mass is 303 g/mol. The first kappa shape index (κ1) is 15.8. The van der Waals surface area contributed by atoms with Crippen LogP contribution in [0.4, 0.5) is 5.69 Å². The minimum Gasteiger partial charge on any atom is -0.478 e. The third kappa shape index (κ3) is 4.11. The van der Waals surface area contributed by atoms with Gasteiger partial charge in [0.05, 0.1) is 15.5 Å². The third-order valence-corrected chi connectivity index (χ3v) is 4.55. The Bertz CT molecular complexity index is 507. The molecule has 0 heterocycles. The lowest BCUT2D eigenvalue weighted by Gasteiger charge is -2.11. The molecule has 0 fully saturated rings. The Morgan fingerprint density at radius 3 is 2.68 bits per heavy atom. The normalized spacial score (nSPS) is 12.2. The van der Waals surface area contributed by atoms with Crippen molar-refractivity contribution in [3.05, 3.63) is 32.8 Å². The number of nitro benzene ring substituents is 1. The highest BCUT2D eigenvalue weighted by atomic mass is 35.5. The predicted molar refractivity (Wildman–Crippen MR) is 75.2 cm³/mol. The lowest BCUT2D eigenvalue weighted by Crippen LogP contribution is -2.03. The van der Waals surface area contributed by atoms with Crippen LogP contribution >= 0.6 is 23.4 Å². The molecule has 0 aromatic heterocycles. The number of carboxylic acid groups (broad SMARTS) is 1. The molecule has 5 nitrogen and oxygen atoms in total. The number of carbonyl (C=O) groups is 1. The van der Waals surface area contributed by atoms with Gasteiger partial charge in [0.2, 0.25) is 0 Å². The van der Waals surface area contributed by atoms with E-state index in [0.717, 1.165) is 12.5 Å². The second-order valence-corrected chi connectivity index (χ2v) is 5.63. The molecule has 0 saturated heterocycles. The van der Waals surface area contributed by atoms with E-state index in [4.69, 9.17) is 16.7 Å². The quantitative estimate of drug-likeness (QED) is 0.486. The topological polar surface area (TPSA) is 80.4 Å². The van der Waals surface area contributed by atoms with Crippen LogP contribution in [0, 0.1) is 16.0 Å². The number of aromatic carboxylic acids is 1. The number of carboxylic acids is 1. The molecule has 1 N–H and O–H groups in total. The molecular formula is C12H14ClNO4S. The van der Waals surface area contributed by atoms with Crippen LogP contribution in [0.15, 0.2) is 17.0 Å². The first-order valence-electron chi connectivity index (χ1n) is 5.70. The summed E-state index contributed by atoms with van der Waals surface area (Å²) in [5.41, 5.74) is -0.428. The van der Waals surface area contributed by atoms with E-state index in [0.29, 0.717) is 16.6 Å². The summed E-state index contributed by atoms with van der Waals surface area (Å²) < 4.78 is 0. The molecule has 7 heteroatoms. The number of benzene rings is 1. The summed E-state index contributed by atoms with van der Waals surface area (Å²) >= 11 is 7.28. The zero-order chi connectivity index (χ0) is 14.6. The van der Waals surface area contributed by atoms with Gasteiger partial charge < -0.3 is 5.11 Å². The van der Waals surface area contributed by atoms with E-state index in [1.165, 1.54) is 17.8 Å². The highest BCUT2D eigenvalue weighted by molar-refractivity contribution is 7.99. The van der Waals surface area contributed by atoms with Crippen LogP contribution in [0.3, 0.4) is 0 Å². The average molecular weight is 304 g/mol. The second kappa shape index (κ2) is 6.77. The van der Waals surface area contributed by atoms with Gasteiger partial charge in [-0.2, -0.15) is 0 Å². The van der Waals surface area contributed by atoms with Gasteiger partial charge >= 0.3 is 5.97 Å². The summed E-state index contributed by atoms with van der Waals surface area (Å²) in [5, 5.41) is 19.9. The van der Waals surface area contributed by atoms with Gasteiger partial charge in [0.25, 0.3) is 5.69 Å². The van der Waals surface area contributed by atoms with Crippen molar-refractivity contribution in [2.75, 3.05) is 5.75 Å². The fourth-order valence-electron chi connectivity index (χ4n) is 1.33. The molecule has 0 radical (unpaired) electrons. The van der Waals surface area contributed by atoms with Gasteiger partial charge in [-0.25, -0.2) is 4.79 Å². The van der Waals surface area contributed by atoms with Crippen LogP contribution in [-0.2, 0) is 0 Å². The SMILES string of the molecule is CCC(C)CSc1c(Cl)cc([N+](=O)[O-])cc1C(=O)O. The summed E-state index contributed by atoms with van der Waals surface area (Å²) in [6.07, 6.45) is 0.972. The van der Waals surface area contributed by atoms with Crippen molar-refractivity contribution in [3.63, 3.8) is 0 Å². The molecule has 104 valence electrons. The molecule has 1 unspecified atom stereocenters. The zero-order valence-electron chi connectivity index (χ0n) is 10.6. The van der Waals surface area contributed by atoms with E-state index in [1.54, 1.807) is 0 Å². The van der Waals surface area contributed by atoms with Crippen molar-refractivity contribution in [2.24, 2.45) is 5.92 Å². The van der Waals surface area contributed by atoms with Crippen LogP contribution in [-0.4, -0.2) is 21.8 Å². The maximum Gasteiger partial charge on any atom is 0.337 e. The summed E-state index contributed by atoms with van der Waals surface area (Å²) in [4.78, 5) is 21.6. The summed E-state index contributed by atoms with van der Waals surface area (Å²) in [6.45, 7) is 4.09. The fraction of sp³-hybridized carbons (Fsp3) is 0.417. The molecule has 1 aromatic rings. The van der Waals surface area contributed by atoms with Crippen LogP contribution in [0.25, 0.3) is 0 Å². The zero-order valence-corrected chi connectivity index (χ0v) is 12.1. The molecule has 1 rings (SSSR count). The Morgan fingerprint density at radius 2 is 2.21 bits per heavy atom. The van der Waals surface area contributed by atoms with Gasteiger partial charge in [-0.1, -0.05) is 31.9 Å². The van der Waals surface area contributed by atoms with Gasteiger partial charge in [-0.15, -0.1) is 11.8 Å². The van der Waals surface area contributed by atoms with Crippen molar-refractivity contribution in [2.45, 2.75) is 25.2 Å². The van der Waals surface area contributed by atoms with Crippen molar-refractivity contribution in [3.8, 4) is 0 Å². The Morgan fingerprint density at radius 1 is 1.58 bits per heavy atom. The van der Waals surface area contributed by atoms with Crippen LogP contribution in [0.2, 0.25) is 5.02 Å². The van der Waals surface area contributed by atoms with Crippen molar-refractivity contribution in [1.82, 2.24) is 0 Å². The first-order valence-corrected chi connectivity index (χ1v) is 7.07. The molecule has 1 aromatic carbocycles. The van der Waals surface area contributed by atoms with Crippen molar-refractivity contribution in [1.29, 1.82) is 0 Å². The number of rotatable bonds is 6. The summed E-state index contributed by atoms with van der Waals surface area (Å²) in [6, 6.07) is 2.24. The molecular weight excluding hydrogens is 290 g/mol. The smallest absolute Gasteiger partial charge is 0.337 e. The molecule has 0 aliphatic heterocycles. The minimum atomic E-state index is -1.21. The molecule has 19 heavy (non-hydrogen) atoms. The Kier molecular flexibility index (Phi) is 5.62. The highest BCUT2D eigenvalue weighted by Gasteiger charge is 2.20. The lowest BCUT2D eigenvalue weighted by molar-refractivity contribution is -0.384. The molecule has 0 aliphatic rings. The van der Waals surface area contributed by atoms with Crippen LogP contribution < -0.4 is 0 Å². The maximum absolute atomic E-state index is 11.2. The first-order chi connectivity index (χ1) is 8.86. The summed E-state index contributed by atoms with van der Waals surface area (Å²) in [7, 11) is 0. The van der Waals surface area contributed by atoms with Crippen molar-refractivity contribution >= 4 is 35.0 Å². The Balaban J connectivity index is 3.15. The summed E-state index contributed by atoms with van der Waals surface area (Å²) in [5.74, 6) is -0.0796. The van der Waals surface area contributed by atoms with Gasteiger partial charge in [0.1, 0.15) is 0 Å². The van der Waals surface area contributed by atoms with E-state index >= 15 is 0 Å². The number of halogens is 1. The van der Waals surface area contributed by atoms with Crippen LogP contribution in [0.5, 0.6) is 0 Å². The molecule has 0 amide bonds. The number of hydrogen-bond donors (Lipinski definition) is 1. The van der Waals surface area contributed by atoms with E-state index in [1.807, 2.05) is 13.8 Å². The largest absolute Gasteiger partial charge is 0.478 e. The number of non-ortho nitro benzene ring substituents is 1. The van der Waals surface area contributed by atoms with Gasteiger partial charge in [-0.05, 0) is 5.92 Å². The minimum absolute atomic E-state index is 0.111. The lowest BCUT2D eigenvalue weighted by atomic mass is 10.2. The van der Waals surface area contributed by atoms with Crippen molar-refractivity contribution < 1.29 is 14.8 Å². The number of thioether (sulfide) groups is 1. The predicted octanol–water partition coefficient (Wildman–Crippen LogP) is 4.08. The van der Waals surface area contributed by atoms with Gasteiger partial charge in [0.15, 0.2) is 0 Å². The maximum atomic E-state index is 11.2. The molecule has 0 aliphatic carbocycles. The number of nitrogens with zero attached hydrogens (tertiary/aromatic N) is 1. The number of hydrogen-bond acceptors (Lipinski definition) is 4. The molecule has 0 spiro atoms. The highest BCUT2D eigenvalue weighted by Crippen LogP contribution is 2.35. The van der Waals surface area contributed by atoms with E-state index in [2.05, 4.69) is 0 Å². The Hall–Kier alpha value is -1.27. The third-order valence-electron chi connectivity index (χ3n) is 2.68. The van der Waals surface area contributed by atoms with E-state index < -0.39 is 10.9 Å². The van der Waals surface area contributed by atoms with Gasteiger partial charge in [0, 0.05) is 22.8 Å². The standard InChI is InChI=1S/C12H14ClNO4S/c1-3-7(2)6-19-11-9(12(15)16)4-8(14(17)18)5-10(11)13/h4-5,7H,3,6H2,1-2H3,(H,15,16). The van der Waals surface area contributed by atoms with E-state index in [-0.39, 0.29) is 16.3 Å². The van der Waals surface area contributed by atoms with Crippen LogP contribution in [0.1, 0.15) is 30.6 Å². The van der Waals surface area contributed by atoms with E-state index in [9.17, 15) is 14.9 Å². The molecule has 0 saturated carbocycles. The second-order valence-electron chi connectivity index (χ2n) is 4.19. The van der Waals surface area contributed by atoms with Gasteiger partial charge in [-0.3, -0.25) is 10.1 Å². The molecule has 0 bridgehead atoms. The Labute approximate surface area is 120 Å².